The molecule has 32 heavy (non-hydrogen) atoms. The summed E-state index contributed by atoms with van der Waals surface area (Å²) in [5.41, 5.74) is 10.5. The molecule has 8 heteroatoms. The third kappa shape index (κ3) is 5.91. The van der Waals surface area contributed by atoms with Crippen LogP contribution in [-0.2, 0) is 9.53 Å². The third-order valence-corrected chi connectivity index (χ3v) is 5.14. The van der Waals surface area contributed by atoms with Crippen LogP contribution in [0.25, 0.3) is 5.70 Å². The first kappa shape index (κ1) is 23.4. The minimum Gasteiger partial charge on any atom is -0.483 e. The highest BCUT2D eigenvalue weighted by atomic mass is 32.1. The highest BCUT2D eigenvalue weighted by Crippen LogP contribution is 2.36. The van der Waals surface area contributed by atoms with Crippen molar-refractivity contribution in [2.75, 3.05) is 18.5 Å². The minimum absolute atomic E-state index is 0.159. The van der Waals surface area contributed by atoms with Crippen LogP contribution in [0.4, 0.5) is 5.69 Å². The average molecular weight is 456 g/mol. The van der Waals surface area contributed by atoms with Gasteiger partial charge in [-0.2, -0.15) is 0 Å². The van der Waals surface area contributed by atoms with Crippen LogP contribution in [0.3, 0.4) is 0 Å². The zero-order valence-electron chi connectivity index (χ0n) is 19.0. The number of hydrogen-bond acceptors (Lipinski definition) is 6. The van der Waals surface area contributed by atoms with Gasteiger partial charge in [0.2, 0.25) is 0 Å². The Kier molecular flexibility index (Phi) is 7.25. The first-order chi connectivity index (χ1) is 15.2. The molecule has 0 aliphatic carbocycles. The molecule has 7 nitrogen and oxygen atoms in total. The largest absolute Gasteiger partial charge is 0.483 e. The van der Waals surface area contributed by atoms with Crippen LogP contribution >= 0.6 is 12.2 Å². The zero-order chi connectivity index (χ0) is 23.3. The molecule has 3 N–H and O–H groups in total. The summed E-state index contributed by atoms with van der Waals surface area (Å²) in [6, 6.07) is 11.4. The van der Waals surface area contributed by atoms with Crippen molar-refractivity contribution in [2.24, 2.45) is 0 Å². The maximum absolute atomic E-state index is 11.6. The van der Waals surface area contributed by atoms with E-state index in [4.69, 9.17) is 26.4 Å². The van der Waals surface area contributed by atoms with E-state index in [9.17, 15) is 4.79 Å². The Morgan fingerprint density at radius 3 is 2.72 bits per heavy atom. The van der Waals surface area contributed by atoms with Gasteiger partial charge in [0.25, 0.3) is 0 Å². The van der Waals surface area contributed by atoms with Gasteiger partial charge in [-0.3, -0.25) is 10.9 Å². The second-order valence-corrected chi connectivity index (χ2v) is 8.38. The Morgan fingerprint density at radius 2 is 1.97 bits per heavy atom. The van der Waals surface area contributed by atoms with Gasteiger partial charge in [0.1, 0.15) is 17.1 Å². The van der Waals surface area contributed by atoms with Crippen LogP contribution in [0.1, 0.15) is 37.5 Å². The van der Waals surface area contributed by atoms with Gasteiger partial charge in [-0.25, -0.2) is 4.79 Å². The number of carbonyl (C=O) groups is 1. The van der Waals surface area contributed by atoms with Crippen molar-refractivity contribution in [2.45, 2.75) is 40.2 Å². The number of thiocarbonyl (C=S) groups is 1. The molecule has 2 aromatic rings. The number of benzene rings is 2. The van der Waals surface area contributed by atoms with Crippen molar-refractivity contribution < 1.29 is 19.0 Å². The Labute approximate surface area is 194 Å². The van der Waals surface area contributed by atoms with E-state index >= 15 is 0 Å². The Balaban J connectivity index is 1.72. The number of aryl methyl sites for hydroxylation is 1. The van der Waals surface area contributed by atoms with E-state index < -0.39 is 11.6 Å². The van der Waals surface area contributed by atoms with Crippen molar-refractivity contribution in [3.63, 3.8) is 0 Å². The molecule has 0 saturated heterocycles. The molecule has 1 aliphatic heterocycles. The predicted octanol–water partition coefficient (Wildman–Crippen LogP) is 4.25. The summed E-state index contributed by atoms with van der Waals surface area (Å²) in [6.07, 6.45) is 1.96. The highest BCUT2D eigenvalue weighted by molar-refractivity contribution is 7.80. The molecule has 0 aromatic heterocycles. The lowest BCUT2D eigenvalue weighted by atomic mass is 9.99. The smallest absolute Gasteiger partial charge is 0.344 e. The summed E-state index contributed by atoms with van der Waals surface area (Å²) in [7, 11) is 0. The summed E-state index contributed by atoms with van der Waals surface area (Å²) in [5, 5.41) is 3.65. The van der Waals surface area contributed by atoms with E-state index in [1.54, 1.807) is 13.0 Å². The molecule has 0 unspecified atom stereocenters. The molecule has 2 aromatic carbocycles. The van der Waals surface area contributed by atoms with E-state index in [0.717, 1.165) is 22.5 Å². The van der Waals surface area contributed by atoms with E-state index in [1.165, 1.54) is 5.56 Å². The monoisotopic (exact) mass is 455 g/mol. The van der Waals surface area contributed by atoms with Gasteiger partial charge in [-0.05, 0) is 88.3 Å². The number of esters is 1. The number of hydrogen-bond donors (Lipinski definition) is 3. The van der Waals surface area contributed by atoms with Crippen molar-refractivity contribution >= 4 is 34.7 Å². The van der Waals surface area contributed by atoms with Crippen molar-refractivity contribution in [1.29, 1.82) is 0 Å². The molecule has 170 valence electrons. The summed E-state index contributed by atoms with van der Waals surface area (Å²) >= 11 is 5.46. The average Bonchev–Trinajstić information content (AvgIpc) is 2.73. The number of nitrogens with one attached hydrogen (secondary N) is 3. The highest BCUT2D eigenvalue weighted by Gasteiger charge is 2.27. The molecule has 0 fully saturated rings. The number of anilines is 1. The normalized spacial score (nSPS) is 13.7. The topological polar surface area (TPSA) is 80.9 Å². The van der Waals surface area contributed by atoms with Gasteiger partial charge < -0.3 is 19.5 Å². The molecule has 0 bridgehead atoms. The van der Waals surface area contributed by atoms with Gasteiger partial charge in [-0.1, -0.05) is 12.1 Å². The predicted molar refractivity (Wildman–Crippen MR) is 130 cm³/mol. The summed E-state index contributed by atoms with van der Waals surface area (Å²) < 4.78 is 16.5. The molecule has 3 rings (SSSR count). The quantitative estimate of drug-likeness (QED) is 0.325. The van der Waals surface area contributed by atoms with E-state index in [-0.39, 0.29) is 6.61 Å². The van der Waals surface area contributed by atoms with E-state index in [0.29, 0.717) is 23.2 Å². The zero-order valence-corrected chi connectivity index (χ0v) is 19.8. The van der Waals surface area contributed by atoms with Crippen molar-refractivity contribution in [3.05, 3.63) is 59.2 Å². The summed E-state index contributed by atoms with van der Waals surface area (Å²) in [5.74, 6) is 0.809. The maximum Gasteiger partial charge on any atom is 0.344 e. The fourth-order valence-corrected chi connectivity index (χ4v) is 3.41. The molecular formula is C24H29N3O4S. The second kappa shape index (κ2) is 9.91. The van der Waals surface area contributed by atoms with Gasteiger partial charge in [0.05, 0.1) is 12.3 Å². The minimum atomic E-state index is -0.521. The van der Waals surface area contributed by atoms with Crippen LogP contribution in [0, 0.1) is 13.8 Å². The van der Waals surface area contributed by atoms with Crippen LogP contribution in [0.15, 0.2) is 42.5 Å². The molecular weight excluding hydrogens is 426 g/mol. The van der Waals surface area contributed by atoms with Crippen LogP contribution in [0.5, 0.6) is 11.5 Å². The fourth-order valence-electron chi connectivity index (χ4n) is 3.25. The molecule has 0 radical (unpaired) electrons. The van der Waals surface area contributed by atoms with Gasteiger partial charge in [0.15, 0.2) is 11.7 Å². The van der Waals surface area contributed by atoms with Crippen LogP contribution in [0.2, 0.25) is 0 Å². The SMILES string of the molecule is CCOC(=O)COc1ccc2c(c1)C(NNC(=S)Nc1cccc(C)c1C)=CC(C)(C)O2. The lowest BCUT2D eigenvalue weighted by Crippen LogP contribution is -2.41. The molecule has 0 spiro atoms. The summed E-state index contributed by atoms with van der Waals surface area (Å²) in [6.45, 7) is 9.95. The lowest BCUT2D eigenvalue weighted by molar-refractivity contribution is -0.145. The van der Waals surface area contributed by atoms with E-state index in [1.807, 2.05) is 51.1 Å². The first-order valence-electron chi connectivity index (χ1n) is 10.4. The first-order valence-corrected chi connectivity index (χ1v) is 10.8. The van der Waals surface area contributed by atoms with Crippen molar-refractivity contribution in [1.82, 2.24) is 10.9 Å². The Morgan fingerprint density at radius 1 is 1.19 bits per heavy atom. The molecule has 1 heterocycles. The fraction of sp³-hybridized carbons (Fsp3) is 0.333. The second-order valence-electron chi connectivity index (χ2n) is 7.97. The molecule has 0 saturated carbocycles. The lowest BCUT2D eigenvalue weighted by Gasteiger charge is -2.32. The maximum atomic E-state index is 11.6. The number of rotatable bonds is 7. The van der Waals surface area contributed by atoms with Crippen LogP contribution in [-0.4, -0.2) is 29.9 Å². The number of ether oxygens (including phenoxy) is 3. The number of hydrazine groups is 1. The van der Waals surface area contributed by atoms with Crippen LogP contribution < -0.4 is 25.6 Å². The van der Waals surface area contributed by atoms with Gasteiger partial charge in [0, 0.05) is 11.3 Å². The molecule has 1 aliphatic rings. The summed E-state index contributed by atoms with van der Waals surface area (Å²) in [4.78, 5) is 11.6. The Bertz CT molecular complexity index is 1050. The van der Waals surface area contributed by atoms with E-state index in [2.05, 4.69) is 29.2 Å². The standard InChI is InChI=1S/C24H29N3O4S/c1-6-29-22(28)14-30-17-10-11-21-18(12-17)20(13-24(4,5)31-21)26-27-23(32)25-19-9-7-8-15(2)16(19)3/h7-13,26H,6,14H2,1-5H3,(H2,25,27,32). The Hall–Kier alpha value is -3.26. The van der Waals surface area contributed by atoms with Gasteiger partial charge in [-0.15, -0.1) is 0 Å². The number of fused-ring (bicyclic) bond motifs is 1. The number of carbonyl (C=O) groups excluding carboxylic acids is 1. The molecule has 0 atom stereocenters. The van der Waals surface area contributed by atoms with Gasteiger partial charge >= 0.3 is 5.97 Å². The molecule has 0 amide bonds. The third-order valence-electron chi connectivity index (χ3n) is 4.93. The van der Waals surface area contributed by atoms with Crippen molar-refractivity contribution in [3.8, 4) is 11.5 Å².